The van der Waals surface area contributed by atoms with E-state index in [-0.39, 0.29) is 0 Å². The Morgan fingerprint density at radius 2 is 1.85 bits per heavy atom. The number of nitrogens with zero attached hydrogens (tertiary/aromatic N) is 2. The second kappa shape index (κ2) is 4.13. The highest BCUT2D eigenvalue weighted by Crippen LogP contribution is 2.33. The molecular weight excluding hydrogens is 252 g/mol. The van der Waals surface area contributed by atoms with E-state index in [1.54, 1.807) is 18.0 Å². The molecule has 0 radical (unpaired) electrons. The Morgan fingerprint density at radius 3 is 2.75 bits per heavy atom. The lowest BCUT2D eigenvalue weighted by atomic mass is 10.1. The van der Waals surface area contributed by atoms with Crippen LogP contribution in [-0.4, -0.2) is 16.9 Å². The summed E-state index contributed by atoms with van der Waals surface area (Å²) in [7, 11) is 1.63. The SMILES string of the molecule is COc1ccnn1-c1cccc2c1oc1ccccc12. The molecular formula is C16H12N2O2. The first-order chi connectivity index (χ1) is 9.88. The van der Waals surface area contributed by atoms with E-state index in [1.165, 1.54) is 0 Å². The number of ether oxygens (including phenoxy) is 1. The molecule has 0 amide bonds. The number of methoxy groups -OCH3 is 1. The average Bonchev–Trinajstić information content (AvgIpc) is 3.10. The van der Waals surface area contributed by atoms with Gasteiger partial charge in [-0.05, 0) is 12.1 Å². The van der Waals surface area contributed by atoms with Crippen molar-refractivity contribution in [1.29, 1.82) is 0 Å². The van der Waals surface area contributed by atoms with Gasteiger partial charge in [0.2, 0.25) is 5.88 Å². The lowest BCUT2D eigenvalue weighted by Gasteiger charge is -2.06. The maximum absolute atomic E-state index is 5.99. The number of fused-ring (bicyclic) bond motifs is 3. The molecule has 0 bridgehead atoms. The van der Waals surface area contributed by atoms with Crippen LogP contribution in [0.2, 0.25) is 0 Å². The molecule has 0 atom stereocenters. The Bertz CT molecular complexity index is 905. The topological polar surface area (TPSA) is 40.2 Å². The number of para-hydroxylation sites is 2. The zero-order valence-electron chi connectivity index (χ0n) is 10.9. The molecule has 2 aromatic carbocycles. The zero-order chi connectivity index (χ0) is 13.5. The van der Waals surface area contributed by atoms with Crippen molar-refractivity contribution in [3.63, 3.8) is 0 Å². The van der Waals surface area contributed by atoms with Gasteiger partial charge in [-0.1, -0.05) is 30.3 Å². The summed E-state index contributed by atoms with van der Waals surface area (Å²) in [4.78, 5) is 0. The van der Waals surface area contributed by atoms with Crippen LogP contribution in [0.25, 0.3) is 27.6 Å². The van der Waals surface area contributed by atoms with Crippen LogP contribution in [0.5, 0.6) is 5.88 Å². The van der Waals surface area contributed by atoms with Gasteiger partial charge in [0.05, 0.1) is 13.3 Å². The fourth-order valence-electron chi connectivity index (χ4n) is 2.53. The van der Waals surface area contributed by atoms with Gasteiger partial charge < -0.3 is 9.15 Å². The second-order valence-electron chi connectivity index (χ2n) is 4.54. The zero-order valence-corrected chi connectivity index (χ0v) is 10.9. The van der Waals surface area contributed by atoms with Gasteiger partial charge in [0, 0.05) is 16.8 Å². The summed E-state index contributed by atoms with van der Waals surface area (Å²) in [5.74, 6) is 0.679. The molecule has 0 unspecified atom stereocenters. The van der Waals surface area contributed by atoms with Crippen molar-refractivity contribution in [2.45, 2.75) is 0 Å². The summed E-state index contributed by atoms with van der Waals surface area (Å²) in [6.07, 6.45) is 1.71. The molecule has 2 aromatic heterocycles. The normalized spacial score (nSPS) is 11.2. The molecule has 0 aliphatic rings. The van der Waals surface area contributed by atoms with Crippen molar-refractivity contribution >= 4 is 21.9 Å². The van der Waals surface area contributed by atoms with E-state index in [0.29, 0.717) is 5.88 Å². The van der Waals surface area contributed by atoms with Crippen LogP contribution in [0.15, 0.2) is 59.1 Å². The molecule has 0 N–H and O–H groups in total. The van der Waals surface area contributed by atoms with Crippen molar-refractivity contribution in [3.8, 4) is 11.6 Å². The van der Waals surface area contributed by atoms with E-state index < -0.39 is 0 Å². The minimum Gasteiger partial charge on any atom is -0.481 e. The van der Waals surface area contributed by atoms with E-state index >= 15 is 0 Å². The van der Waals surface area contributed by atoms with Gasteiger partial charge in [-0.15, -0.1) is 0 Å². The lowest BCUT2D eigenvalue weighted by Crippen LogP contribution is -1.99. The highest BCUT2D eigenvalue weighted by atomic mass is 16.5. The minimum absolute atomic E-state index is 0.679. The van der Waals surface area contributed by atoms with Gasteiger partial charge in [-0.3, -0.25) is 0 Å². The molecule has 4 aromatic rings. The van der Waals surface area contributed by atoms with Gasteiger partial charge >= 0.3 is 0 Å². The molecule has 0 fully saturated rings. The number of rotatable bonds is 2. The summed E-state index contributed by atoms with van der Waals surface area (Å²) >= 11 is 0. The molecule has 2 heterocycles. The Morgan fingerprint density at radius 1 is 1.00 bits per heavy atom. The molecule has 0 saturated heterocycles. The highest BCUT2D eigenvalue weighted by Gasteiger charge is 2.14. The Hall–Kier alpha value is -2.75. The Kier molecular flexibility index (Phi) is 2.29. The molecule has 0 saturated carbocycles. The lowest BCUT2D eigenvalue weighted by molar-refractivity contribution is 0.383. The average molecular weight is 264 g/mol. The third-order valence-corrected chi connectivity index (χ3v) is 3.43. The first-order valence-electron chi connectivity index (χ1n) is 6.37. The van der Waals surface area contributed by atoms with E-state index in [9.17, 15) is 0 Å². The van der Waals surface area contributed by atoms with E-state index in [1.807, 2.05) is 36.4 Å². The quantitative estimate of drug-likeness (QED) is 0.553. The molecule has 98 valence electrons. The van der Waals surface area contributed by atoms with Crippen molar-refractivity contribution in [2.75, 3.05) is 7.11 Å². The number of furan rings is 1. The Labute approximate surface area is 115 Å². The van der Waals surface area contributed by atoms with Gasteiger partial charge in [0.25, 0.3) is 0 Å². The number of benzene rings is 2. The fourth-order valence-corrected chi connectivity index (χ4v) is 2.53. The van der Waals surface area contributed by atoms with Gasteiger partial charge in [-0.25, -0.2) is 0 Å². The van der Waals surface area contributed by atoms with Crippen LogP contribution in [0.4, 0.5) is 0 Å². The van der Waals surface area contributed by atoms with Gasteiger partial charge in [0.1, 0.15) is 11.3 Å². The molecule has 4 nitrogen and oxygen atoms in total. The fraction of sp³-hybridized carbons (Fsp3) is 0.0625. The monoisotopic (exact) mass is 264 g/mol. The highest BCUT2D eigenvalue weighted by molar-refractivity contribution is 6.07. The van der Waals surface area contributed by atoms with Crippen LogP contribution >= 0.6 is 0 Å². The molecule has 4 rings (SSSR count). The molecule has 0 aliphatic carbocycles. The molecule has 4 heteroatoms. The van der Waals surface area contributed by atoms with Crippen molar-refractivity contribution in [1.82, 2.24) is 9.78 Å². The first-order valence-corrected chi connectivity index (χ1v) is 6.37. The Balaban J connectivity index is 2.10. The van der Waals surface area contributed by atoms with Gasteiger partial charge in [-0.2, -0.15) is 9.78 Å². The van der Waals surface area contributed by atoms with Crippen LogP contribution in [-0.2, 0) is 0 Å². The van der Waals surface area contributed by atoms with Crippen LogP contribution in [0.1, 0.15) is 0 Å². The van der Waals surface area contributed by atoms with E-state index in [0.717, 1.165) is 27.6 Å². The predicted octanol–water partition coefficient (Wildman–Crippen LogP) is 3.78. The van der Waals surface area contributed by atoms with E-state index in [4.69, 9.17) is 9.15 Å². The molecule has 20 heavy (non-hydrogen) atoms. The summed E-state index contributed by atoms with van der Waals surface area (Å²) in [5.41, 5.74) is 2.57. The van der Waals surface area contributed by atoms with Crippen molar-refractivity contribution < 1.29 is 9.15 Å². The number of aromatic nitrogens is 2. The van der Waals surface area contributed by atoms with Crippen LogP contribution in [0.3, 0.4) is 0 Å². The third-order valence-electron chi connectivity index (χ3n) is 3.43. The molecule has 0 spiro atoms. The predicted molar refractivity (Wildman–Crippen MR) is 77.4 cm³/mol. The van der Waals surface area contributed by atoms with Gasteiger partial charge in [0.15, 0.2) is 5.58 Å². The smallest absolute Gasteiger partial charge is 0.216 e. The largest absolute Gasteiger partial charge is 0.481 e. The number of hydrogen-bond acceptors (Lipinski definition) is 3. The van der Waals surface area contributed by atoms with Crippen molar-refractivity contribution in [3.05, 3.63) is 54.7 Å². The van der Waals surface area contributed by atoms with Crippen LogP contribution < -0.4 is 4.74 Å². The first kappa shape index (κ1) is 11.1. The molecule has 0 aliphatic heterocycles. The summed E-state index contributed by atoms with van der Waals surface area (Å²) < 4.78 is 13.1. The second-order valence-corrected chi connectivity index (χ2v) is 4.54. The maximum atomic E-state index is 5.99. The third kappa shape index (κ3) is 1.45. The summed E-state index contributed by atoms with van der Waals surface area (Å²) in [5, 5.41) is 6.50. The van der Waals surface area contributed by atoms with Crippen LogP contribution in [0, 0.1) is 0 Å². The minimum atomic E-state index is 0.679. The summed E-state index contributed by atoms with van der Waals surface area (Å²) in [6, 6.07) is 15.9. The summed E-state index contributed by atoms with van der Waals surface area (Å²) in [6.45, 7) is 0. The van der Waals surface area contributed by atoms with Crippen molar-refractivity contribution in [2.24, 2.45) is 0 Å². The van der Waals surface area contributed by atoms with E-state index in [2.05, 4.69) is 17.2 Å². The standard InChI is InChI=1S/C16H12N2O2/c1-19-15-9-10-17-18(15)13-7-4-6-12-11-5-2-3-8-14(11)20-16(12)13/h2-10H,1H3. The number of hydrogen-bond donors (Lipinski definition) is 0. The maximum Gasteiger partial charge on any atom is 0.216 e.